The van der Waals surface area contributed by atoms with Crippen molar-refractivity contribution < 1.29 is 19.7 Å². The van der Waals surface area contributed by atoms with E-state index in [1.54, 1.807) is 38.3 Å². The van der Waals surface area contributed by atoms with Gasteiger partial charge in [-0.25, -0.2) is 0 Å². The van der Waals surface area contributed by atoms with Gasteiger partial charge in [0.05, 0.1) is 25.9 Å². The summed E-state index contributed by atoms with van der Waals surface area (Å²) in [7, 11) is 1.61. The molecule has 2 N–H and O–H groups in total. The molecule has 0 unspecified atom stereocenters. The second-order valence-corrected chi connectivity index (χ2v) is 3.93. The fourth-order valence-corrected chi connectivity index (χ4v) is 1.14. The molecule has 4 nitrogen and oxygen atoms in total. The van der Waals surface area contributed by atoms with Crippen molar-refractivity contribution in [2.75, 3.05) is 20.3 Å². The van der Waals surface area contributed by atoms with Crippen molar-refractivity contribution in [3.63, 3.8) is 0 Å². The monoisotopic (exact) mass is 226 g/mol. The summed E-state index contributed by atoms with van der Waals surface area (Å²) in [5, 5.41) is 18.4. The van der Waals surface area contributed by atoms with Crippen LogP contribution < -0.4 is 9.47 Å². The Morgan fingerprint density at radius 1 is 1.19 bits per heavy atom. The van der Waals surface area contributed by atoms with Gasteiger partial charge >= 0.3 is 0 Å². The lowest BCUT2D eigenvalue weighted by Gasteiger charge is -2.20. The molecule has 0 spiro atoms. The lowest BCUT2D eigenvalue weighted by molar-refractivity contribution is -0.0139. The molecule has 0 heterocycles. The Hall–Kier alpha value is -1.26. The van der Waals surface area contributed by atoms with Gasteiger partial charge in [0.25, 0.3) is 0 Å². The molecule has 1 aromatic carbocycles. The number of ether oxygens (including phenoxy) is 2. The Kier molecular flexibility index (Phi) is 4.58. The molecule has 1 aromatic rings. The lowest BCUT2D eigenvalue weighted by atomic mass is 10.1. The van der Waals surface area contributed by atoms with E-state index < -0.39 is 5.60 Å². The van der Waals surface area contributed by atoms with Crippen molar-refractivity contribution in [2.45, 2.75) is 18.9 Å². The maximum atomic E-state index is 9.53. The highest BCUT2D eigenvalue weighted by atomic mass is 16.5. The Morgan fingerprint density at radius 3 is 2.25 bits per heavy atom. The molecule has 0 aromatic heterocycles. The molecule has 1 atom stereocenters. The van der Waals surface area contributed by atoms with E-state index in [1.165, 1.54) is 0 Å². The quantitative estimate of drug-likeness (QED) is 0.765. The van der Waals surface area contributed by atoms with Crippen molar-refractivity contribution >= 4 is 0 Å². The van der Waals surface area contributed by atoms with Crippen molar-refractivity contribution in [1.82, 2.24) is 0 Å². The number of aliphatic hydroxyl groups is 2. The van der Waals surface area contributed by atoms with E-state index in [4.69, 9.17) is 14.6 Å². The van der Waals surface area contributed by atoms with E-state index in [0.29, 0.717) is 13.0 Å². The Labute approximate surface area is 95.4 Å². The van der Waals surface area contributed by atoms with Crippen LogP contribution in [-0.2, 0) is 0 Å². The predicted molar refractivity (Wildman–Crippen MR) is 60.8 cm³/mol. The van der Waals surface area contributed by atoms with Gasteiger partial charge in [-0.2, -0.15) is 0 Å². The van der Waals surface area contributed by atoms with Crippen LogP contribution in [0.15, 0.2) is 24.3 Å². The molecule has 0 amide bonds. The zero-order chi connectivity index (χ0) is 12.0. The first kappa shape index (κ1) is 12.8. The van der Waals surface area contributed by atoms with E-state index in [0.717, 1.165) is 11.5 Å². The highest BCUT2D eigenvalue weighted by molar-refractivity contribution is 5.31. The molecule has 0 fully saturated rings. The van der Waals surface area contributed by atoms with Crippen LogP contribution in [0.2, 0.25) is 0 Å². The number of benzene rings is 1. The van der Waals surface area contributed by atoms with E-state index in [-0.39, 0.29) is 6.61 Å². The van der Waals surface area contributed by atoms with Crippen LogP contribution in [0.3, 0.4) is 0 Å². The topological polar surface area (TPSA) is 58.9 Å². The fraction of sp³-hybridized carbons (Fsp3) is 0.500. The van der Waals surface area contributed by atoms with Crippen LogP contribution in [0.1, 0.15) is 13.3 Å². The van der Waals surface area contributed by atoms with Crippen molar-refractivity contribution in [2.24, 2.45) is 0 Å². The van der Waals surface area contributed by atoms with Gasteiger partial charge in [-0.3, -0.25) is 0 Å². The minimum atomic E-state index is -1.08. The fourth-order valence-electron chi connectivity index (χ4n) is 1.14. The van der Waals surface area contributed by atoms with Crippen LogP contribution >= 0.6 is 0 Å². The summed E-state index contributed by atoms with van der Waals surface area (Å²) in [6, 6.07) is 7.21. The molecule has 0 bridgehead atoms. The molecule has 16 heavy (non-hydrogen) atoms. The zero-order valence-corrected chi connectivity index (χ0v) is 9.64. The van der Waals surface area contributed by atoms with Gasteiger partial charge in [0.15, 0.2) is 0 Å². The number of methoxy groups -OCH3 is 1. The molecule has 0 saturated heterocycles. The Morgan fingerprint density at radius 2 is 1.75 bits per heavy atom. The van der Waals surface area contributed by atoms with E-state index in [1.807, 2.05) is 0 Å². The van der Waals surface area contributed by atoms with Gasteiger partial charge in [-0.05, 0) is 31.2 Å². The summed E-state index contributed by atoms with van der Waals surface area (Å²) in [5.41, 5.74) is -1.08. The summed E-state index contributed by atoms with van der Waals surface area (Å²) in [5.74, 6) is 1.49. The van der Waals surface area contributed by atoms with Gasteiger partial charge < -0.3 is 19.7 Å². The second-order valence-electron chi connectivity index (χ2n) is 3.93. The molecule has 0 radical (unpaired) electrons. The lowest BCUT2D eigenvalue weighted by Crippen LogP contribution is -2.30. The molecule has 1 rings (SSSR count). The van der Waals surface area contributed by atoms with Gasteiger partial charge in [-0.15, -0.1) is 0 Å². The van der Waals surface area contributed by atoms with Crippen LogP contribution in [0, 0.1) is 0 Å². The molecule has 0 saturated carbocycles. The number of aliphatic hydroxyl groups excluding tert-OH is 1. The van der Waals surface area contributed by atoms with Crippen molar-refractivity contribution in [1.29, 1.82) is 0 Å². The molecular formula is C12H18O4. The average Bonchev–Trinajstić information content (AvgIpc) is 2.30. The molecule has 90 valence electrons. The highest BCUT2D eigenvalue weighted by Crippen LogP contribution is 2.18. The average molecular weight is 226 g/mol. The second kappa shape index (κ2) is 5.72. The van der Waals surface area contributed by atoms with E-state index in [9.17, 15) is 5.11 Å². The number of hydrogen-bond donors (Lipinski definition) is 2. The van der Waals surface area contributed by atoms with Gasteiger partial charge in [-0.1, -0.05) is 0 Å². The van der Waals surface area contributed by atoms with Gasteiger partial charge in [0.2, 0.25) is 0 Å². The van der Waals surface area contributed by atoms with Crippen LogP contribution in [0.4, 0.5) is 0 Å². The minimum absolute atomic E-state index is 0.265. The Bertz CT molecular complexity index is 305. The standard InChI is InChI=1S/C12H18O4/c1-12(14,9-13)7-8-16-11-5-3-10(15-2)4-6-11/h3-6,13-14H,7-9H2,1-2H3/t12-/m1/s1. The molecule has 4 heteroatoms. The van der Waals surface area contributed by atoms with Gasteiger partial charge in [0, 0.05) is 6.42 Å². The number of rotatable bonds is 6. The number of hydrogen-bond acceptors (Lipinski definition) is 4. The summed E-state index contributed by atoms with van der Waals surface area (Å²) >= 11 is 0. The van der Waals surface area contributed by atoms with Crippen LogP contribution in [0.25, 0.3) is 0 Å². The predicted octanol–water partition coefficient (Wildman–Crippen LogP) is 1.21. The van der Waals surface area contributed by atoms with E-state index in [2.05, 4.69) is 0 Å². The SMILES string of the molecule is COc1ccc(OCC[C@@](C)(O)CO)cc1. The van der Waals surface area contributed by atoms with Crippen molar-refractivity contribution in [3.8, 4) is 11.5 Å². The third-order valence-electron chi connectivity index (χ3n) is 2.31. The molecule has 0 aliphatic rings. The largest absolute Gasteiger partial charge is 0.497 e. The summed E-state index contributed by atoms with van der Waals surface area (Å²) in [4.78, 5) is 0. The normalized spacial score (nSPS) is 14.2. The van der Waals surface area contributed by atoms with E-state index >= 15 is 0 Å². The third kappa shape index (κ3) is 4.08. The first-order valence-electron chi connectivity index (χ1n) is 5.17. The maximum absolute atomic E-state index is 9.53. The first-order chi connectivity index (χ1) is 7.57. The summed E-state index contributed by atoms with van der Waals surface area (Å²) < 4.78 is 10.4. The molecule has 0 aliphatic carbocycles. The smallest absolute Gasteiger partial charge is 0.119 e. The van der Waals surface area contributed by atoms with Crippen LogP contribution in [0.5, 0.6) is 11.5 Å². The van der Waals surface area contributed by atoms with Crippen LogP contribution in [-0.4, -0.2) is 36.1 Å². The minimum Gasteiger partial charge on any atom is -0.497 e. The molecular weight excluding hydrogens is 208 g/mol. The first-order valence-corrected chi connectivity index (χ1v) is 5.17. The maximum Gasteiger partial charge on any atom is 0.119 e. The highest BCUT2D eigenvalue weighted by Gasteiger charge is 2.18. The Balaban J connectivity index is 2.37. The summed E-state index contributed by atoms with van der Waals surface area (Å²) in [6.45, 7) is 1.67. The summed E-state index contributed by atoms with van der Waals surface area (Å²) in [6.07, 6.45) is 0.384. The zero-order valence-electron chi connectivity index (χ0n) is 9.64. The third-order valence-corrected chi connectivity index (χ3v) is 2.31. The van der Waals surface area contributed by atoms with Crippen molar-refractivity contribution in [3.05, 3.63) is 24.3 Å². The van der Waals surface area contributed by atoms with Gasteiger partial charge in [0.1, 0.15) is 11.5 Å². The molecule has 0 aliphatic heterocycles.